The van der Waals surface area contributed by atoms with Gasteiger partial charge in [-0.15, -0.1) is 0 Å². The third kappa shape index (κ3) is 6.77. The molecule has 19 heavy (non-hydrogen) atoms. The average Bonchev–Trinajstić information content (AvgIpc) is 2.41. The third-order valence-electron chi connectivity index (χ3n) is 2.24. The van der Waals surface area contributed by atoms with Crippen LogP contribution in [0.15, 0.2) is 24.3 Å². The Morgan fingerprint density at radius 3 is 2.84 bits per heavy atom. The van der Waals surface area contributed by atoms with Gasteiger partial charge in [0.25, 0.3) is 0 Å². The largest absolute Gasteiger partial charge is 0.491 e. The van der Waals surface area contributed by atoms with Gasteiger partial charge in [-0.3, -0.25) is 0 Å². The summed E-state index contributed by atoms with van der Waals surface area (Å²) in [4.78, 5) is 5.15. The summed E-state index contributed by atoms with van der Waals surface area (Å²) in [5, 5.41) is 18.4. The third-order valence-corrected chi connectivity index (χ3v) is 2.24. The van der Waals surface area contributed by atoms with Gasteiger partial charge in [0.05, 0.1) is 24.8 Å². The van der Waals surface area contributed by atoms with E-state index in [1.54, 1.807) is 24.3 Å². The molecule has 0 heterocycles. The van der Waals surface area contributed by atoms with E-state index in [4.69, 9.17) is 14.8 Å². The van der Waals surface area contributed by atoms with Crippen LogP contribution >= 0.6 is 0 Å². The Kier molecular flexibility index (Phi) is 6.90. The van der Waals surface area contributed by atoms with Gasteiger partial charge in [0.15, 0.2) is 0 Å². The number of benzene rings is 1. The lowest BCUT2D eigenvalue weighted by Crippen LogP contribution is -2.32. The fourth-order valence-corrected chi connectivity index (χ4v) is 1.29. The maximum absolute atomic E-state index is 9.67. The van der Waals surface area contributed by atoms with E-state index in [9.17, 15) is 5.11 Å². The van der Waals surface area contributed by atoms with Crippen LogP contribution in [0.2, 0.25) is 0 Å². The zero-order chi connectivity index (χ0) is 14.1. The van der Waals surface area contributed by atoms with Gasteiger partial charge < -0.3 is 14.7 Å². The number of nitrogens with zero attached hydrogens (tertiary/aromatic N) is 1. The number of hydroxylamine groups is 1. The first-order valence-corrected chi connectivity index (χ1v) is 6.27. The summed E-state index contributed by atoms with van der Waals surface area (Å²) >= 11 is 0. The molecule has 0 bridgehead atoms. The quantitative estimate of drug-likeness (QED) is 0.549. The second kappa shape index (κ2) is 8.48. The van der Waals surface area contributed by atoms with Crippen molar-refractivity contribution >= 4 is 0 Å². The fraction of sp³-hybridized carbons (Fsp3) is 0.500. The summed E-state index contributed by atoms with van der Waals surface area (Å²) in [6.07, 6.45) is -0.669. The molecule has 5 nitrogen and oxygen atoms in total. The van der Waals surface area contributed by atoms with E-state index in [2.05, 4.69) is 5.48 Å². The number of hydrogen-bond acceptors (Lipinski definition) is 5. The lowest BCUT2D eigenvalue weighted by Gasteiger charge is -2.14. The predicted octanol–water partition coefficient (Wildman–Crippen LogP) is 1.48. The van der Waals surface area contributed by atoms with Gasteiger partial charge >= 0.3 is 0 Å². The van der Waals surface area contributed by atoms with Crippen molar-refractivity contribution < 1.29 is 14.7 Å². The van der Waals surface area contributed by atoms with Crippen molar-refractivity contribution in [3.05, 3.63) is 29.8 Å². The van der Waals surface area contributed by atoms with Crippen molar-refractivity contribution in [2.24, 2.45) is 5.92 Å². The van der Waals surface area contributed by atoms with E-state index in [0.29, 0.717) is 30.4 Å². The summed E-state index contributed by atoms with van der Waals surface area (Å²) in [7, 11) is 0. The van der Waals surface area contributed by atoms with Crippen molar-refractivity contribution in [2.45, 2.75) is 20.0 Å². The first-order chi connectivity index (χ1) is 9.11. The zero-order valence-corrected chi connectivity index (χ0v) is 11.3. The minimum Gasteiger partial charge on any atom is -0.491 e. The molecule has 104 valence electrons. The highest BCUT2D eigenvalue weighted by Gasteiger charge is 2.05. The number of aliphatic hydroxyl groups excluding tert-OH is 1. The summed E-state index contributed by atoms with van der Waals surface area (Å²) < 4.78 is 5.39. The Morgan fingerprint density at radius 1 is 1.37 bits per heavy atom. The second-order valence-corrected chi connectivity index (χ2v) is 4.66. The Bertz CT molecular complexity index is 415. The summed E-state index contributed by atoms with van der Waals surface area (Å²) in [5.41, 5.74) is 3.23. The Labute approximate surface area is 113 Å². The van der Waals surface area contributed by atoms with Crippen molar-refractivity contribution in [2.75, 3.05) is 19.8 Å². The van der Waals surface area contributed by atoms with Crippen LogP contribution in [0.1, 0.15) is 19.4 Å². The molecule has 1 aromatic carbocycles. The number of hydrogen-bond donors (Lipinski definition) is 2. The molecule has 1 aromatic rings. The summed E-state index contributed by atoms with van der Waals surface area (Å²) in [6, 6.07) is 8.85. The molecule has 0 saturated carbocycles. The van der Waals surface area contributed by atoms with Crippen molar-refractivity contribution in [3.8, 4) is 11.8 Å². The highest BCUT2D eigenvalue weighted by molar-refractivity contribution is 5.36. The van der Waals surface area contributed by atoms with Gasteiger partial charge in [0.1, 0.15) is 18.5 Å². The molecule has 0 spiro atoms. The smallest absolute Gasteiger partial charge is 0.120 e. The Balaban J connectivity index is 2.22. The molecule has 0 aliphatic rings. The maximum atomic E-state index is 9.67. The molecule has 1 rings (SSSR count). The van der Waals surface area contributed by atoms with Crippen LogP contribution in [-0.2, 0) is 4.84 Å². The molecule has 0 aliphatic heterocycles. The van der Waals surface area contributed by atoms with Crippen molar-refractivity contribution in [1.82, 2.24) is 5.48 Å². The minimum absolute atomic E-state index is 0.146. The van der Waals surface area contributed by atoms with Crippen LogP contribution in [0.4, 0.5) is 0 Å². The van der Waals surface area contributed by atoms with Gasteiger partial charge in [0.2, 0.25) is 0 Å². The summed E-state index contributed by atoms with van der Waals surface area (Å²) in [6.45, 7) is 5.13. The normalized spacial score (nSPS) is 12.2. The van der Waals surface area contributed by atoms with Crippen LogP contribution in [0.5, 0.6) is 5.75 Å². The van der Waals surface area contributed by atoms with Gasteiger partial charge in [-0.1, -0.05) is 19.9 Å². The first-order valence-electron chi connectivity index (χ1n) is 6.27. The highest BCUT2D eigenvalue weighted by atomic mass is 16.6. The van der Waals surface area contributed by atoms with E-state index in [-0.39, 0.29) is 6.61 Å². The second-order valence-electron chi connectivity index (χ2n) is 4.66. The number of nitriles is 1. The minimum atomic E-state index is -0.669. The summed E-state index contributed by atoms with van der Waals surface area (Å²) in [5.74, 6) is 1.01. The van der Waals surface area contributed by atoms with E-state index in [0.717, 1.165) is 0 Å². The van der Waals surface area contributed by atoms with E-state index in [1.165, 1.54) is 0 Å². The first kappa shape index (κ1) is 15.4. The Hall–Kier alpha value is -1.61. The van der Waals surface area contributed by atoms with E-state index >= 15 is 0 Å². The van der Waals surface area contributed by atoms with E-state index < -0.39 is 6.10 Å². The molecule has 0 fully saturated rings. The predicted molar refractivity (Wildman–Crippen MR) is 71.5 cm³/mol. The number of ether oxygens (including phenoxy) is 1. The van der Waals surface area contributed by atoms with Gasteiger partial charge in [-0.25, -0.2) is 0 Å². The topological polar surface area (TPSA) is 74.5 Å². The van der Waals surface area contributed by atoms with Gasteiger partial charge in [-0.2, -0.15) is 10.7 Å². The van der Waals surface area contributed by atoms with Crippen LogP contribution in [0.3, 0.4) is 0 Å². The molecule has 5 heteroatoms. The molecule has 0 aliphatic carbocycles. The lowest BCUT2D eigenvalue weighted by molar-refractivity contribution is -0.00773. The number of nitrogens with one attached hydrogen (secondary N) is 1. The molecule has 0 amide bonds. The standard InChI is InChI=1S/C14H20N2O3/c1-11(2)9-19-16-8-13(17)10-18-14-5-3-4-12(6-14)7-15/h3-6,11,13,16-17H,8-10H2,1-2H3. The zero-order valence-electron chi connectivity index (χ0n) is 11.3. The molecule has 0 saturated heterocycles. The maximum Gasteiger partial charge on any atom is 0.120 e. The molecule has 0 radical (unpaired) electrons. The van der Waals surface area contributed by atoms with Crippen LogP contribution in [0, 0.1) is 17.2 Å². The molecule has 1 atom stereocenters. The number of rotatable bonds is 8. The van der Waals surface area contributed by atoms with Crippen molar-refractivity contribution in [1.29, 1.82) is 5.26 Å². The fourth-order valence-electron chi connectivity index (χ4n) is 1.29. The molecule has 0 aromatic heterocycles. The Morgan fingerprint density at radius 2 is 2.16 bits per heavy atom. The average molecular weight is 264 g/mol. The SMILES string of the molecule is CC(C)CONCC(O)COc1cccc(C#N)c1. The van der Waals surface area contributed by atoms with Crippen molar-refractivity contribution in [3.63, 3.8) is 0 Å². The molecular weight excluding hydrogens is 244 g/mol. The molecule has 2 N–H and O–H groups in total. The monoisotopic (exact) mass is 264 g/mol. The van der Waals surface area contributed by atoms with E-state index in [1.807, 2.05) is 19.9 Å². The van der Waals surface area contributed by atoms with Gasteiger partial charge in [-0.05, 0) is 24.1 Å². The van der Waals surface area contributed by atoms with Gasteiger partial charge in [0, 0.05) is 0 Å². The number of aliphatic hydroxyl groups is 1. The highest BCUT2D eigenvalue weighted by Crippen LogP contribution is 2.12. The van der Waals surface area contributed by atoms with Crippen LogP contribution < -0.4 is 10.2 Å². The van der Waals surface area contributed by atoms with Crippen LogP contribution in [-0.4, -0.2) is 31.0 Å². The molecule has 1 unspecified atom stereocenters. The van der Waals surface area contributed by atoms with Crippen LogP contribution in [0.25, 0.3) is 0 Å². The lowest BCUT2D eigenvalue weighted by atomic mass is 10.2. The molecular formula is C14H20N2O3.